The number of methoxy groups -OCH3 is 2. The van der Waals surface area contributed by atoms with Gasteiger partial charge >= 0.3 is 5.97 Å². The van der Waals surface area contributed by atoms with E-state index < -0.39 is 5.97 Å². The minimum atomic E-state index is -0.905. The SMILES string of the molecule is CCCC/C(=C\c1ccc(OCOC)c(OCOC)c1)C(=O)O. The molecule has 0 atom stereocenters. The van der Waals surface area contributed by atoms with E-state index in [1.54, 1.807) is 24.3 Å². The number of benzene rings is 1. The van der Waals surface area contributed by atoms with Crippen molar-refractivity contribution in [1.82, 2.24) is 0 Å². The zero-order valence-corrected chi connectivity index (χ0v) is 13.8. The van der Waals surface area contributed by atoms with Gasteiger partial charge in [-0.2, -0.15) is 0 Å². The minimum Gasteiger partial charge on any atom is -0.478 e. The number of carboxylic acid groups (broad SMARTS) is 1. The van der Waals surface area contributed by atoms with Crippen molar-refractivity contribution in [3.05, 3.63) is 29.3 Å². The van der Waals surface area contributed by atoms with Crippen LogP contribution in [0.4, 0.5) is 0 Å². The molecule has 0 unspecified atom stereocenters. The van der Waals surface area contributed by atoms with E-state index in [0.29, 0.717) is 23.5 Å². The Morgan fingerprint density at radius 1 is 1.13 bits per heavy atom. The van der Waals surface area contributed by atoms with E-state index in [0.717, 1.165) is 18.4 Å². The largest absolute Gasteiger partial charge is 0.478 e. The number of hydrogen-bond acceptors (Lipinski definition) is 5. The third kappa shape index (κ3) is 6.71. The van der Waals surface area contributed by atoms with Gasteiger partial charge in [0.05, 0.1) is 0 Å². The molecule has 0 amide bonds. The molecule has 0 aliphatic heterocycles. The first-order valence-corrected chi connectivity index (χ1v) is 7.43. The molecular formula is C17H24O6. The van der Waals surface area contributed by atoms with Crippen molar-refractivity contribution in [2.45, 2.75) is 26.2 Å². The Labute approximate surface area is 136 Å². The molecule has 1 aromatic carbocycles. The summed E-state index contributed by atoms with van der Waals surface area (Å²) >= 11 is 0. The molecule has 1 rings (SSSR count). The van der Waals surface area contributed by atoms with Crippen LogP contribution in [0.5, 0.6) is 11.5 Å². The lowest BCUT2D eigenvalue weighted by molar-refractivity contribution is -0.132. The van der Waals surface area contributed by atoms with Gasteiger partial charge in [-0.3, -0.25) is 0 Å². The third-order valence-corrected chi connectivity index (χ3v) is 3.05. The maximum Gasteiger partial charge on any atom is 0.331 e. The number of aliphatic carboxylic acids is 1. The molecule has 0 saturated heterocycles. The maximum atomic E-state index is 11.3. The molecule has 0 aromatic heterocycles. The average molecular weight is 324 g/mol. The predicted octanol–water partition coefficient (Wildman–Crippen LogP) is 3.31. The second kappa shape index (κ2) is 10.6. The highest BCUT2D eigenvalue weighted by Gasteiger charge is 2.10. The minimum absolute atomic E-state index is 0.0676. The number of rotatable bonds is 11. The van der Waals surface area contributed by atoms with Crippen LogP contribution in [0.1, 0.15) is 31.7 Å². The van der Waals surface area contributed by atoms with Gasteiger partial charge in [-0.05, 0) is 36.6 Å². The molecule has 0 aliphatic rings. The average Bonchev–Trinajstić information content (AvgIpc) is 2.55. The van der Waals surface area contributed by atoms with Crippen LogP contribution in [0, 0.1) is 0 Å². The van der Waals surface area contributed by atoms with E-state index in [1.165, 1.54) is 14.2 Å². The molecule has 0 saturated carbocycles. The van der Waals surface area contributed by atoms with Crippen molar-refractivity contribution < 1.29 is 28.8 Å². The number of hydrogen-bond donors (Lipinski definition) is 1. The molecule has 128 valence electrons. The molecular weight excluding hydrogens is 300 g/mol. The summed E-state index contributed by atoms with van der Waals surface area (Å²) in [6.07, 6.45) is 3.95. The predicted molar refractivity (Wildman–Crippen MR) is 86.6 cm³/mol. The van der Waals surface area contributed by atoms with E-state index in [-0.39, 0.29) is 13.6 Å². The van der Waals surface area contributed by atoms with Crippen LogP contribution in [-0.4, -0.2) is 38.9 Å². The summed E-state index contributed by atoms with van der Waals surface area (Å²) in [5, 5.41) is 9.28. The topological polar surface area (TPSA) is 74.2 Å². The fraction of sp³-hybridized carbons (Fsp3) is 0.471. The Morgan fingerprint density at radius 2 is 1.78 bits per heavy atom. The van der Waals surface area contributed by atoms with Crippen molar-refractivity contribution in [3.63, 3.8) is 0 Å². The maximum absolute atomic E-state index is 11.3. The first-order valence-electron chi connectivity index (χ1n) is 7.43. The molecule has 23 heavy (non-hydrogen) atoms. The zero-order valence-electron chi connectivity index (χ0n) is 13.8. The summed E-state index contributed by atoms with van der Waals surface area (Å²) in [7, 11) is 3.05. The fourth-order valence-electron chi connectivity index (χ4n) is 1.90. The lowest BCUT2D eigenvalue weighted by Crippen LogP contribution is -2.05. The van der Waals surface area contributed by atoms with E-state index in [4.69, 9.17) is 18.9 Å². The van der Waals surface area contributed by atoms with Gasteiger partial charge in [0.15, 0.2) is 25.1 Å². The van der Waals surface area contributed by atoms with E-state index in [9.17, 15) is 9.90 Å². The number of unbranched alkanes of at least 4 members (excludes halogenated alkanes) is 1. The van der Waals surface area contributed by atoms with Gasteiger partial charge in [0, 0.05) is 19.8 Å². The van der Waals surface area contributed by atoms with Crippen molar-refractivity contribution in [2.24, 2.45) is 0 Å². The molecule has 0 bridgehead atoms. The first-order chi connectivity index (χ1) is 11.1. The monoisotopic (exact) mass is 324 g/mol. The summed E-state index contributed by atoms with van der Waals surface area (Å²) in [5.74, 6) is 0.0712. The first kappa shape index (κ1) is 19.0. The van der Waals surface area contributed by atoms with Gasteiger partial charge in [0.25, 0.3) is 0 Å². The molecule has 0 radical (unpaired) electrons. The molecule has 0 aliphatic carbocycles. The lowest BCUT2D eigenvalue weighted by atomic mass is 10.0. The summed E-state index contributed by atoms with van der Waals surface area (Å²) < 4.78 is 20.7. The lowest BCUT2D eigenvalue weighted by Gasteiger charge is -2.12. The van der Waals surface area contributed by atoms with Gasteiger partial charge < -0.3 is 24.1 Å². The highest BCUT2D eigenvalue weighted by molar-refractivity contribution is 5.92. The summed E-state index contributed by atoms with van der Waals surface area (Å²) in [4.78, 5) is 11.3. The summed E-state index contributed by atoms with van der Waals surface area (Å²) in [6, 6.07) is 5.22. The number of carboxylic acids is 1. The quantitative estimate of drug-likeness (QED) is 0.497. The van der Waals surface area contributed by atoms with Gasteiger partial charge in [-0.15, -0.1) is 0 Å². The van der Waals surface area contributed by atoms with Gasteiger partial charge in [0.2, 0.25) is 0 Å². The standard InChI is InChI=1S/C17H24O6/c1-4-5-6-14(17(18)19)9-13-7-8-15(22-11-20-2)16(10-13)23-12-21-3/h7-10H,4-6,11-12H2,1-3H3,(H,18,19)/b14-9+. The van der Waals surface area contributed by atoms with E-state index in [2.05, 4.69) is 0 Å². The van der Waals surface area contributed by atoms with Crippen LogP contribution >= 0.6 is 0 Å². The van der Waals surface area contributed by atoms with Crippen LogP contribution in [0.3, 0.4) is 0 Å². The summed E-state index contributed by atoms with van der Waals surface area (Å²) in [5.41, 5.74) is 1.10. The van der Waals surface area contributed by atoms with Gasteiger partial charge in [-0.1, -0.05) is 19.4 Å². The second-order valence-corrected chi connectivity index (χ2v) is 4.89. The molecule has 0 fully saturated rings. The molecule has 1 aromatic rings. The van der Waals surface area contributed by atoms with Crippen LogP contribution < -0.4 is 9.47 Å². The van der Waals surface area contributed by atoms with Crippen LogP contribution in [-0.2, 0) is 14.3 Å². The van der Waals surface area contributed by atoms with Crippen LogP contribution in [0.2, 0.25) is 0 Å². The Balaban J connectivity index is 3.03. The van der Waals surface area contributed by atoms with Crippen molar-refractivity contribution in [1.29, 1.82) is 0 Å². The second-order valence-electron chi connectivity index (χ2n) is 4.89. The molecule has 6 heteroatoms. The van der Waals surface area contributed by atoms with E-state index >= 15 is 0 Å². The van der Waals surface area contributed by atoms with E-state index in [1.807, 2.05) is 6.92 Å². The normalized spacial score (nSPS) is 11.3. The Bertz CT molecular complexity index is 524. The molecule has 0 spiro atoms. The highest BCUT2D eigenvalue weighted by Crippen LogP contribution is 2.29. The van der Waals surface area contributed by atoms with Crippen molar-refractivity contribution in [2.75, 3.05) is 27.8 Å². The third-order valence-electron chi connectivity index (χ3n) is 3.05. The smallest absolute Gasteiger partial charge is 0.331 e. The zero-order chi connectivity index (χ0) is 17.1. The van der Waals surface area contributed by atoms with Crippen molar-refractivity contribution >= 4 is 12.0 Å². The Morgan fingerprint density at radius 3 is 2.35 bits per heavy atom. The fourth-order valence-corrected chi connectivity index (χ4v) is 1.90. The molecule has 6 nitrogen and oxygen atoms in total. The Kier molecular flexibility index (Phi) is 8.79. The number of ether oxygens (including phenoxy) is 4. The van der Waals surface area contributed by atoms with Gasteiger partial charge in [-0.25, -0.2) is 4.79 Å². The molecule has 0 heterocycles. The van der Waals surface area contributed by atoms with Crippen LogP contribution in [0.25, 0.3) is 6.08 Å². The number of carbonyl (C=O) groups is 1. The summed E-state index contributed by atoms with van der Waals surface area (Å²) in [6.45, 7) is 2.19. The molecule has 1 N–H and O–H groups in total. The van der Waals surface area contributed by atoms with Gasteiger partial charge in [0.1, 0.15) is 0 Å². The highest BCUT2D eigenvalue weighted by atomic mass is 16.7. The Hall–Kier alpha value is -2.05. The van der Waals surface area contributed by atoms with Crippen molar-refractivity contribution in [3.8, 4) is 11.5 Å². The van der Waals surface area contributed by atoms with Crippen LogP contribution in [0.15, 0.2) is 23.8 Å².